The molecular weight excluding hydrogens is 208 g/mol. The molecule has 1 heterocycles. The number of nitrogens with one attached hydrogen (secondary N) is 1. The minimum absolute atomic E-state index is 0.116. The van der Waals surface area contributed by atoms with E-state index in [-0.39, 0.29) is 11.6 Å². The summed E-state index contributed by atoms with van der Waals surface area (Å²) < 4.78 is 4.55. The first-order valence-corrected chi connectivity index (χ1v) is 5.29. The number of nitrogens with zero attached hydrogens (tertiary/aromatic N) is 1. The maximum atomic E-state index is 10.9. The summed E-state index contributed by atoms with van der Waals surface area (Å²) in [6.07, 6.45) is 0. The number of likely N-dealkylation sites (N-methyl/N-ethyl adjacent to an activating group) is 1. The van der Waals surface area contributed by atoms with E-state index in [0.29, 0.717) is 18.8 Å². The zero-order valence-corrected chi connectivity index (χ0v) is 10.7. The highest BCUT2D eigenvalue weighted by molar-refractivity contribution is 5.88. The summed E-state index contributed by atoms with van der Waals surface area (Å²) in [5, 5.41) is 3.01. The first kappa shape index (κ1) is 15.1. The van der Waals surface area contributed by atoms with Crippen LogP contribution in [0.4, 0.5) is 0 Å². The molecule has 5 nitrogen and oxygen atoms in total. The van der Waals surface area contributed by atoms with Gasteiger partial charge in [0.25, 0.3) is 6.47 Å². The average Bonchev–Trinajstić information content (AvgIpc) is 2.50. The summed E-state index contributed by atoms with van der Waals surface area (Å²) >= 11 is 0. The Hall–Kier alpha value is -0.940. The summed E-state index contributed by atoms with van der Waals surface area (Å²) in [6, 6.07) is 0.116. The third-order valence-corrected chi connectivity index (χ3v) is 2.03. The van der Waals surface area contributed by atoms with E-state index in [0.717, 1.165) is 6.54 Å². The van der Waals surface area contributed by atoms with Gasteiger partial charge in [-0.3, -0.25) is 14.5 Å². The second kappa shape index (κ2) is 6.60. The van der Waals surface area contributed by atoms with Crippen molar-refractivity contribution in [3.05, 3.63) is 0 Å². The van der Waals surface area contributed by atoms with Crippen molar-refractivity contribution in [2.75, 3.05) is 27.2 Å². The standard InChI is InChI=1S/C6H12N2O.C5H10O2/c1-8(2)5-3-7-4-6(5)9;1-5(2,3)7-4-6/h5,7H,3-4H2,1-2H3;4H,1-3H3. The molecular formula is C11H22N2O3. The van der Waals surface area contributed by atoms with Crippen molar-refractivity contribution < 1.29 is 14.3 Å². The van der Waals surface area contributed by atoms with E-state index < -0.39 is 0 Å². The van der Waals surface area contributed by atoms with Crippen molar-refractivity contribution >= 4 is 12.3 Å². The Morgan fingerprint density at radius 3 is 2.12 bits per heavy atom. The Kier molecular flexibility index (Phi) is 6.21. The van der Waals surface area contributed by atoms with Gasteiger partial charge in [0.15, 0.2) is 5.78 Å². The van der Waals surface area contributed by atoms with Gasteiger partial charge in [-0.15, -0.1) is 0 Å². The van der Waals surface area contributed by atoms with Gasteiger partial charge in [0.2, 0.25) is 0 Å². The lowest BCUT2D eigenvalue weighted by atomic mass is 10.2. The molecule has 1 aliphatic rings. The topological polar surface area (TPSA) is 58.6 Å². The van der Waals surface area contributed by atoms with Crippen molar-refractivity contribution in [2.45, 2.75) is 32.4 Å². The monoisotopic (exact) mass is 230 g/mol. The molecule has 1 N–H and O–H groups in total. The number of ether oxygens (including phenoxy) is 1. The Morgan fingerprint density at radius 2 is 2.00 bits per heavy atom. The zero-order chi connectivity index (χ0) is 12.8. The van der Waals surface area contributed by atoms with E-state index in [2.05, 4.69) is 10.1 Å². The number of carbonyl (C=O) groups is 2. The number of carbonyl (C=O) groups excluding carboxylic acids is 2. The minimum atomic E-state index is -0.318. The van der Waals surface area contributed by atoms with Crippen molar-refractivity contribution in [3.8, 4) is 0 Å². The largest absolute Gasteiger partial charge is 0.462 e. The van der Waals surface area contributed by atoms with Gasteiger partial charge in [-0.2, -0.15) is 0 Å². The highest BCUT2D eigenvalue weighted by atomic mass is 16.5. The lowest BCUT2D eigenvalue weighted by Crippen LogP contribution is -2.34. The first-order chi connectivity index (χ1) is 7.28. The molecule has 0 aliphatic carbocycles. The van der Waals surface area contributed by atoms with E-state index in [4.69, 9.17) is 0 Å². The van der Waals surface area contributed by atoms with Crippen LogP contribution >= 0.6 is 0 Å². The predicted molar refractivity (Wildman–Crippen MR) is 62.3 cm³/mol. The van der Waals surface area contributed by atoms with E-state index in [1.54, 1.807) is 0 Å². The van der Waals surface area contributed by atoms with Gasteiger partial charge in [0, 0.05) is 6.54 Å². The molecule has 0 bridgehead atoms. The van der Waals surface area contributed by atoms with Crippen LogP contribution in [0.1, 0.15) is 20.8 Å². The third kappa shape index (κ3) is 6.53. The van der Waals surface area contributed by atoms with Gasteiger partial charge in [-0.25, -0.2) is 0 Å². The normalized spacial score (nSPS) is 20.4. The highest BCUT2D eigenvalue weighted by Crippen LogP contribution is 2.02. The Balaban J connectivity index is 0.000000293. The minimum Gasteiger partial charge on any atom is -0.462 e. The van der Waals surface area contributed by atoms with Crippen molar-refractivity contribution in [1.82, 2.24) is 10.2 Å². The van der Waals surface area contributed by atoms with Crippen LogP contribution in [0.15, 0.2) is 0 Å². The molecule has 0 aromatic carbocycles. The van der Waals surface area contributed by atoms with E-state index in [1.807, 2.05) is 39.8 Å². The van der Waals surface area contributed by atoms with Gasteiger partial charge in [-0.1, -0.05) is 0 Å². The zero-order valence-electron chi connectivity index (χ0n) is 10.7. The fourth-order valence-electron chi connectivity index (χ4n) is 1.18. The molecule has 0 saturated carbocycles. The average molecular weight is 230 g/mol. The predicted octanol–water partition coefficient (Wildman–Crippen LogP) is 0.0468. The van der Waals surface area contributed by atoms with Gasteiger partial charge >= 0.3 is 0 Å². The summed E-state index contributed by atoms with van der Waals surface area (Å²) in [5.41, 5.74) is -0.318. The number of Topliss-reactive ketones (excluding diaryl/α,β-unsaturated/α-hetero) is 1. The van der Waals surface area contributed by atoms with Crippen molar-refractivity contribution in [3.63, 3.8) is 0 Å². The quantitative estimate of drug-likeness (QED) is 0.679. The molecule has 94 valence electrons. The maximum Gasteiger partial charge on any atom is 0.293 e. The number of rotatable bonds is 2. The molecule has 1 aliphatic heterocycles. The molecule has 1 unspecified atom stereocenters. The van der Waals surface area contributed by atoms with Crippen LogP contribution in [0.3, 0.4) is 0 Å². The lowest BCUT2D eigenvalue weighted by molar-refractivity contribution is -0.138. The molecule has 16 heavy (non-hydrogen) atoms. The van der Waals surface area contributed by atoms with Crippen molar-refractivity contribution in [2.24, 2.45) is 0 Å². The van der Waals surface area contributed by atoms with Crippen LogP contribution in [0.25, 0.3) is 0 Å². The molecule has 5 heteroatoms. The molecule has 0 aromatic heterocycles. The first-order valence-electron chi connectivity index (χ1n) is 5.29. The van der Waals surface area contributed by atoms with Crippen LogP contribution in [-0.2, 0) is 14.3 Å². The number of ketones is 1. The molecule has 0 amide bonds. The molecule has 1 fully saturated rings. The summed E-state index contributed by atoms with van der Waals surface area (Å²) in [5.74, 6) is 0.306. The molecule has 1 saturated heterocycles. The van der Waals surface area contributed by atoms with Gasteiger partial charge in [-0.05, 0) is 34.9 Å². The van der Waals surface area contributed by atoms with Gasteiger partial charge in [0.05, 0.1) is 12.6 Å². The Labute approximate surface area is 97.1 Å². The van der Waals surface area contributed by atoms with Crippen molar-refractivity contribution in [1.29, 1.82) is 0 Å². The van der Waals surface area contributed by atoms with Crippen LogP contribution < -0.4 is 5.32 Å². The van der Waals surface area contributed by atoms with E-state index in [9.17, 15) is 9.59 Å². The Bertz CT molecular complexity index is 234. The van der Waals surface area contributed by atoms with Crippen LogP contribution in [0.5, 0.6) is 0 Å². The van der Waals surface area contributed by atoms with E-state index >= 15 is 0 Å². The fraction of sp³-hybridized carbons (Fsp3) is 0.818. The molecule has 0 aromatic rings. The lowest BCUT2D eigenvalue weighted by Gasteiger charge is -2.15. The van der Waals surface area contributed by atoms with Crippen LogP contribution in [-0.4, -0.2) is 56.0 Å². The van der Waals surface area contributed by atoms with Gasteiger partial charge in [0.1, 0.15) is 5.60 Å². The second-order valence-corrected chi connectivity index (χ2v) is 4.90. The van der Waals surface area contributed by atoms with E-state index in [1.165, 1.54) is 0 Å². The number of hydrogen-bond acceptors (Lipinski definition) is 5. The van der Waals surface area contributed by atoms with Crippen LogP contribution in [0.2, 0.25) is 0 Å². The second-order valence-electron chi connectivity index (χ2n) is 4.90. The summed E-state index contributed by atoms with van der Waals surface area (Å²) in [4.78, 5) is 22.5. The maximum absolute atomic E-state index is 10.9. The Morgan fingerprint density at radius 1 is 1.44 bits per heavy atom. The van der Waals surface area contributed by atoms with Gasteiger partial charge < -0.3 is 10.1 Å². The third-order valence-electron chi connectivity index (χ3n) is 2.03. The van der Waals surface area contributed by atoms with Crippen LogP contribution in [0, 0.1) is 0 Å². The highest BCUT2D eigenvalue weighted by Gasteiger charge is 2.24. The smallest absolute Gasteiger partial charge is 0.293 e. The number of hydrogen-bond donors (Lipinski definition) is 1. The molecule has 1 atom stereocenters. The SMILES string of the molecule is CC(C)(C)OC=O.CN(C)C1CNCC1=O. The summed E-state index contributed by atoms with van der Waals surface area (Å²) in [7, 11) is 3.85. The molecule has 0 spiro atoms. The molecule has 0 radical (unpaired) electrons. The molecule has 1 rings (SSSR count). The summed E-state index contributed by atoms with van der Waals surface area (Å²) in [6.45, 7) is 7.28. The fourth-order valence-corrected chi connectivity index (χ4v) is 1.18.